The van der Waals surface area contributed by atoms with Gasteiger partial charge >= 0.3 is 0 Å². The highest BCUT2D eigenvalue weighted by molar-refractivity contribution is 7.91. The number of benzene rings is 4. The van der Waals surface area contributed by atoms with Gasteiger partial charge in [0.15, 0.2) is 0 Å². The number of phenols is 2. The smallest absolute Gasteiger partial charge is 0.206 e. The van der Waals surface area contributed by atoms with Gasteiger partial charge in [-0.3, -0.25) is 10.9 Å². The van der Waals surface area contributed by atoms with Gasteiger partial charge in [-0.1, -0.05) is 24.3 Å². The molecule has 0 bridgehead atoms. The number of hydrogen-bond donors (Lipinski definition) is 4. The van der Waals surface area contributed by atoms with E-state index >= 15 is 0 Å². The first kappa shape index (κ1) is 23.5. The van der Waals surface area contributed by atoms with Gasteiger partial charge < -0.3 is 10.2 Å². The zero-order valence-corrected chi connectivity index (χ0v) is 19.2. The lowest BCUT2D eigenvalue weighted by Gasteiger charge is -2.07. The van der Waals surface area contributed by atoms with Crippen LogP contribution < -0.4 is 10.9 Å². The van der Waals surface area contributed by atoms with E-state index in [9.17, 15) is 18.6 Å². The van der Waals surface area contributed by atoms with Crippen LogP contribution in [0.2, 0.25) is 0 Å². The molecule has 176 valence electrons. The molecule has 0 aromatic heterocycles. The van der Waals surface area contributed by atoms with Crippen LogP contribution in [0.4, 0.5) is 11.4 Å². The van der Waals surface area contributed by atoms with Crippen LogP contribution in [-0.4, -0.2) is 31.1 Å². The van der Waals surface area contributed by atoms with Crippen molar-refractivity contribution in [2.45, 2.75) is 9.79 Å². The molecule has 0 saturated carbocycles. The molecule has 0 fully saturated rings. The van der Waals surface area contributed by atoms with Crippen molar-refractivity contribution in [3.8, 4) is 11.5 Å². The van der Waals surface area contributed by atoms with Crippen LogP contribution in [0.25, 0.3) is 0 Å². The van der Waals surface area contributed by atoms with Crippen LogP contribution >= 0.6 is 0 Å². The van der Waals surface area contributed by atoms with Crippen molar-refractivity contribution in [3.63, 3.8) is 0 Å². The quantitative estimate of drug-likeness (QED) is 0.209. The van der Waals surface area contributed by atoms with Gasteiger partial charge in [-0.05, 0) is 72.8 Å². The topological polar surface area (TPSA) is 123 Å². The number of hydrogen-bond acceptors (Lipinski definition) is 8. The second-order valence-corrected chi connectivity index (χ2v) is 9.36. The Hall–Kier alpha value is -4.63. The fourth-order valence-corrected chi connectivity index (χ4v) is 4.36. The molecule has 4 N–H and O–H groups in total. The highest BCUT2D eigenvalue weighted by Crippen LogP contribution is 2.24. The van der Waals surface area contributed by atoms with Crippen molar-refractivity contribution in [2.75, 3.05) is 10.9 Å². The van der Waals surface area contributed by atoms with Crippen molar-refractivity contribution in [2.24, 2.45) is 10.2 Å². The molecule has 35 heavy (non-hydrogen) atoms. The van der Waals surface area contributed by atoms with Crippen molar-refractivity contribution in [1.29, 1.82) is 0 Å². The molecule has 4 aromatic rings. The average molecular weight is 487 g/mol. The van der Waals surface area contributed by atoms with Gasteiger partial charge in [0, 0.05) is 11.1 Å². The predicted octanol–water partition coefficient (Wildman–Crippen LogP) is 4.82. The predicted molar refractivity (Wildman–Crippen MR) is 137 cm³/mol. The molecule has 0 spiro atoms. The molecule has 4 aromatic carbocycles. The molecule has 8 nitrogen and oxygen atoms in total. The molecular weight excluding hydrogens is 464 g/mol. The molecule has 0 aliphatic heterocycles. The number of hydrazone groups is 2. The molecule has 4 rings (SSSR count). The largest absolute Gasteiger partial charge is 0.507 e. The number of anilines is 2. The lowest BCUT2D eigenvalue weighted by atomic mass is 10.2. The van der Waals surface area contributed by atoms with Gasteiger partial charge in [-0.25, -0.2) is 8.42 Å². The summed E-state index contributed by atoms with van der Waals surface area (Å²) < 4.78 is 25.9. The summed E-state index contributed by atoms with van der Waals surface area (Å²) in [6, 6.07) is 26.0. The lowest BCUT2D eigenvalue weighted by molar-refractivity contribution is 0.474. The molecule has 0 aliphatic rings. The molecule has 0 radical (unpaired) electrons. The van der Waals surface area contributed by atoms with Gasteiger partial charge in [-0.15, -0.1) is 0 Å². The third-order valence-electron chi connectivity index (χ3n) is 5.00. The second-order valence-electron chi connectivity index (χ2n) is 7.41. The Morgan fingerprint density at radius 1 is 0.571 bits per heavy atom. The van der Waals surface area contributed by atoms with E-state index in [0.29, 0.717) is 22.5 Å². The highest BCUT2D eigenvalue weighted by Gasteiger charge is 2.17. The Bertz CT molecular complexity index is 1360. The van der Waals surface area contributed by atoms with Crippen molar-refractivity contribution in [1.82, 2.24) is 0 Å². The third-order valence-corrected chi connectivity index (χ3v) is 6.78. The molecule has 0 unspecified atom stereocenters. The van der Waals surface area contributed by atoms with E-state index < -0.39 is 9.84 Å². The highest BCUT2D eigenvalue weighted by atomic mass is 32.2. The summed E-state index contributed by atoms with van der Waals surface area (Å²) in [4.78, 5) is 0.289. The number of phenolic OH excluding ortho intramolecular Hbond substituents is 2. The minimum atomic E-state index is -3.71. The standard InChI is InChI=1S/C26H22N4O4S/c31-25-7-3-1-5-19(25)17-27-29-21-9-13-23(14-10-21)35(33,34)24-15-11-22(12-16-24)30-28-18-20-6-2-4-8-26(20)32/h1-18,29-32H/b27-17-,28-18-. The maximum absolute atomic E-state index is 13.0. The monoisotopic (exact) mass is 486 g/mol. The van der Waals surface area contributed by atoms with Gasteiger partial charge in [-0.2, -0.15) is 10.2 Å². The Kier molecular flexibility index (Phi) is 7.08. The van der Waals surface area contributed by atoms with E-state index in [0.717, 1.165) is 0 Å². The SMILES string of the molecule is O=S(=O)(c1ccc(N/N=C\c2ccccc2O)cc1)c1ccc(N/N=C\c2ccccc2O)cc1. The van der Waals surface area contributed by atoms with Crippen LogP contribution in [0.15, 0.2) is 117 Å². The number of nitrogens with one attached hydrogen (secondary N) is 2. The maximum Gasteiger partial charge on any atom is 0.206 e. The normalized spacial score (nSPS) is 11.7. The zero-order valence-electron chi connectivity index (χ0n) is 18.4. The Morgan fingerprint density at radius 2 is 0.943 bits per heavy atom. The third kappa shape index (κ3) is 5.84. The van der Waals surface area contributed by atoms with Crippen molar-refractivity contribution in [3.05, 3.63) is 108 Å². The van der Waals surface area contributed by atoms with E-state index in [1.165, 1.54) is 36.7 Å². The van der Waals surface area contributed by atoms with E-state index in [4.69, 9.17) is 0 Å². The Labute approximate surface area is 202 Å². The minimum Gasteiger partial charge on any atom is -0.507 e. The van der Waals surface area contributed by atoms with Gasteiger partial charge in [0.25, 0.3) is 0 Å². The number of aromatic hydroxyl groups is 2. The fourth-order valence-electron chi connectivity index (χ4n) is 3.10. The first-order valence-corrected chi connectivity index (χ1v) is 12.0. The van der Waals surface area contributed by atoms with E-state index in [2.05, 4.69) is 21.1 Å². The Balaban J connectivity index is 1.39. The van der Waals surface area contributed by atoms with E-state index in [1.54, 1.807) is 72.8 Å². The first-order chi connectivity index (χ1) is 16.9. The summed E-state index contributed by atoms with van der Waals surface area (Å²) in [6.07, 6.45) is 2.95. The number of para-hydroxylation sites is 2. The van der Waals surface area contributed by atoms with Gasteiger partial charge in [0.05, 0.1) is 33.6 Å². The average Bonchev–Trinajstić information content (AvgIpc) is 2.87. The number of sulfone groups is 1. The van der Waals surface area contributed by atoms with Crippen LogP contribution in [0.1, 0.15) is 11.1 Å². The fraction of sp³-hybridized carbons (Fsp3) is 0. The molecule has 0 aliphatic carbocycles. The summed E-state index contributed by atoms with van der Waals surface area (Å²) in [7, 11) is -3.71. The summed E-state index contributed by atoms with van der Waals surface area (Å²) in [5.41, 5.74) is 7.92. The Morgan fingerprint density at radius 3 is 1.31 bits per heavy atom. The van der Waals surface area contributed by atoms with Gasteiger partial charge in [0.1, 0.15) is 11.5 Å². The summed E-state index contributed by atoms with van der Waals surface area (Å²) in [6.45, 7) is 0. The maximum atomic E-state index is 13.0. The minimum absolute atomic E-state index is 0.114. The summed E-state index contributed by atoms with van der Waals surface area (Å²) in [5.74, 6) is 0.228. The zero-order chi connectivity index (χ0) is 24.7. The number of nitrogens with zero attached hydrogens (tertiary/aromatic N) is 2. The molecule has 0 amide bonds. The van der Waals surface area contributed by atoms with Crippen LogP contribution in [0, 0.1) is 0 Å². The molecule has 0 atom stereocenters. The first-order valence-electron chi connectivity index (χ1n) is 10.5. The lowest BCUT2D eigenvalue weighted by Crippen LogP contribution is -2.02. The van der Waals surface area contributed by atoms with Crippen molar-refractivity contribution >= 4 is 33.6 Å². The number of rotatable bonds is 8. The van der Waals surface area contributed by atoms with Crippen LogP contribution in [0.3, 0.4) is 0 Å². The van der Waals surface area contributed by atoms with E-state index in [-0.39, 0.29) is 21.3 Å². The molecule has 0 heterocycles. The summed E-state index contributed by atoms with van der Waals surface area (Å²) >= 11 is 0. The summed E-state index contributed by atoms with van der Waals surface area (Å²) in [5, 5.41) is 27.6. The molecule has 0 saturated heterocycles. The molecular formula is C26H22N4O4S. The van der Waals surface area contributed by atoms with Crippen LogP contribution in [-0.2, 0) is 9.84 Å². The van der Waals surface area contributed by atoms with Crippen molar-refractivity contribution < 1.29 is 18.6 Å². The van der Waals surface area contributed by atoms with Crippen LogP contribution in [0.5, 0.6) is 11.5 Å². The molecule has 9 heteroatoms. The second kappa shape index (κ2) is 10.5. The van der Waals surface area contributed by atoms with Gasteiger partial charge in [0.2, 0.25) is 9.84 Å². The van der Waals surface area contributed by atoms with E-state index in [1.807, 2.05) is 0 Å².